The van der Waals surface area contributed by atoms with Gasteiger partial charge in [0.15, 0.2) is 10.8 Å². The molecule has 1 aromatic rings. The van der Waals surface area contributed by atoms with E-state index in [1.165, 1.54) is 0 Å². The van der Waals surface area contributed by atoms with Gasteiger partial charge in [-0.05, 0) is 6.92 Å². The van der Waals surface area contributed by atoms with Crippen LogP contribution in [0.2, 0.25) is 5.02 Å². The molecule has 24 heavy (non-hydrogen) atoms. The van der Waals surface area contributed by atoms with Gasteiger partial charge in [0.1, 0.15) is 12.2 Å². The third-order valence-electron chi connectivity index (χ3n) is 2.85. The average Bonchev–Trinajstić information content (AvgIpc) is 2.44. The highest BCUT2D eigenvalue weighted by atomic mass is 35.5. The van der Waals surface area contributed by atoms with Gasteiger partial charge in [0.05, 0.1) is 19.6 Å². The molecule has 0 saturated heterocycles. The Balaban J connectivity index is 3.14. The number of nitrogens with zero attached hydrogens (tertiary/aromatic N) is 2. The van der Waals surface area contributed by atoms with E-state index in [9.17, 15) is 22.8 Å². The van der Waals surface area contributed by atoms with Crippen molar-refractivity contribution in [1.82, 2.24) is 9.78 Å². The first-order chi connectivity index (χ1) is 11.1. The van der Waals surface area contributed by atoms with Gasteiger partial charge in [-0.1, -0.05) is 25.4 Å². The minimum atomic E-state index is -4.39. The van der Waals surface area contributed by atoms with Crippen LogP contribution in [-0.4, -0.2) is 35.1 Å². The van der Waals surface area contributed by atoms with Gasteiger partial charge >= 0.3 is 12.1 Å². The Bertz CT molecular complexity index is 644. The smallest absolute Gasteiger partial charge is 0.392 e. The van der Waals surface area contributed by atoms with Gasteiger partial charge in [0.25, 0.3) is 5.56 Å². The van der Waals surface area contributed by atoms with Crippen molar-refractivity contribution in [3.8, 4) is 5.75 Å². The van der Waals surface area contributed by atoms with Crippen molar-refractivity contribution in [2.45, 2.75) is 45.8 Å². The molecular formula is C14H18ClF3N2O4. The molecule has 0 N–H and O–H groups in total. The second-order valence-corrected chi connectivity index (χ2v) is 5.54. The molecule has 0 bridgehead atoms. The van der Waals surface area contributed by atoms with Crippen LogP contribution in [0.5, 0.6) is 5.75 Å². The van der Waals surface area contributed by atoms with Gasteiger partial charge in [-0.2, -0.15) is 18.3 Å². The first kappa shape index (κ1) is 20.3. The molecule has 0 aliphatic heterocycles. The number of esters is 1. The van der Waals surface area contributed by atoms with E-state index >= 15 is 0 Å². The normalized spacial score (nSPS) is 11.7. The lowest BCUT2D eigenvalue weighted by Crippen LogP contribution is -2.30. The molecule has 0 aliphatic rings. The summed E-state index contributed by atoms with van der Waals surface area (Å²) in [4.78, 5) is 23.6. The van der Waals surface area contributed by atoms with E-state index in [4.69, 9.17) is 21.1 Å². The SMILES string of the molecule is CCOC(=O)Cn1nc(C(C)C)c(OCCC(F)(F)F)c(Cl)c1=O. The lowest BCUT2D eigenvalue weighted by Gasteiger charge is -2.17. The summed E-state index contributed by atoms with van der Waals surface area (Å²) in [6.07, 6.45) is -5.58. The van der Waals surface area contributed by atoms with E-state index in [1.54, 1.807) is 20.8 Å². The van der Waals surface area contributed by atoms with Crippen LogP contribution in [-0.2, 0) is 16.1 Å². The van der Waals surface area contributed by atoms with Crippen LogP contribution in [0.4, 0.5) is 13.2 Å². The Morgan fingerprint density at radius 1 is 1.38 bits per heavy atom. The minimum absolute atomic E-state index is 0.136. The molecule has 0 spiro atoms. The summed E-state index contributed by atoms with van der Waals surface area (Å²) in [6, 6.07) is 0. The molecule has 6 nitrogen and oxygen atoms in total. The third kappa shape index (κ3) is 5.70. The van der Waals surface area contributed by atoms with Crippen LogP contribution in [0.1, 0.15) is 38.8 Å². The summed E-state index contributed by atoms with van der Waals surface area (Å²) in [7, 11) is 0. The van der Waals surface area contributed by atoms with Gasteiger partial charge in [0.2, 0.25) is 0 Å². The second kappa shape index (κ2) is 8.36. The highest BCUT2D eigenvalue weighted by Crippen LogP contribution is 2.30. The van der Waals surface area contributed by atoms with Crippen LogP contribution >= 0.6 is 11.6 Å². The molecular weight excluding hydrogens is 353 g/mol. The van der Waals surface area contributed by atoms with Crippen molar-refractivity contribution < 1.29 is 27.4 Å². The maximum absolute atomic E-state index is 12.2. The van der Waals surface area contributed by atoms with Gasteiger partial charge < -0.3 is 9.47 Å². The fourth-order valence-electron chi connectivity index (χ4n) is 1.76. The van der Waals surface area contributed by atoms with E-state index in [2.05, 4.69) is 5.10 Å². The van der Waals surface area contributed by atoms with Crippen molar-refractivity contribution in [2.24, 2.45) is 0 Å². The number of rotatable bonds is 7. The van der Waals surface area contributed by atoms with Crippen molar-refractivity contribution in [3.63, 3.8) is 0 Å². The Morgan fingerprint density at radius 2 is 2.00 bits per heavy atom. The molecule has 1 aromatic heterocycles. The number of ether oxygens (including phenoxy) is 2. The van der Waals surface area contributed by atoms with Crippen molar-refractivity contribution in [2.75, 3.05) is 13.2 Å². The van der Waals surface area contributed by atoms with E-state index in [0.29, 0.717) is 0 Å². The lowest BCUT2D eigenvalue weighted by molar-refractivity contribution is -0.144. The summed E-state index contributed by atoms with van der Waals surface area (Å²) >= 11 is 5.93. The molecule has 1 rings (SSSR count). The standard InChI is InChI=1S/C14H18ClF3N2O4/c1-4-23-9(21)7-20-13(22)10(15)12(11(19-20)8(2)3)24-6-5-14(16,17)18/h8H,4-7H2,1-3H3. The highest BCUT2D eigenvalue weighted by molar-refractivity contribution is 6.31. The Morgan fingerprint density at radius 3 is 2.50 bits per heavy atom. The van der Waals surface area contributed by atoms with Crippen LogP contribution in [0.25, 0.3) is 0 Å². The number of aromatic nitrogens is 2. The summed E-state index contributed by atoms with van der Waals surface area (Å²) in [5, 5.41) is 3.57. The van der Waals surface area contributed by atoms with Crippen LogP contribution < -0.4 is 10.3 Å². The Labute approximate surface area is 141 Å². The molecule has 0 aliphatic carbocycles. The number of hydrogen-bond acceptors (Lipinski definition) is 5. The molecule has 0 atom stereocenters. The minimum Gasteiger partial charge on any atom is -0.489 e. The van der Waals surface area contributed by atoms with E-state index in [1.807, 2.05) is 0 Å². The molecule has 10 heteroatoms. The summed E-state index contributed by atoms with van der Waals surface area (Å²) in [5.41, 5.74) is -0.651. The third-order valence-corrected chi connectivity index (χ3v) is 3.18. The fraction of sp³-hybridized carbons (Fsp3) is 0.643. The van der Waals surface area contributed by atoms with Crippen molar-refractivity contribution in [1.29, 1.82) is 0 Å². The molecule has 0 amide bonds. The van der Waals surface area contributed by atoms with Crippen LogP contribution in [0.3, 0.4) is 0 Å². The highest BCUT2D eigenvalue weighted by Gasteiger charge is 2.28. The first-order valence-corrected chi connectivity index (χ1v) is 7.60. The summed E-state index contributed by atoms with van der Waals surface area (Å²) in [6.45, 7) is 4.01. The number of carbonyl (C=O) groups excluding carboxylic acids is 1. The second-order valence-electron chi connectivity index (χ2n) is 5.16. The average molecular weight is 371 g/mol. The Kier molecular flexibility index (Phi) is 7.07. The van der Waals surface area contributed by atoms with Gasteiger partial charge in [-0.25, -0.2) is 4.68 Å². The fourth-order valence-corrected chi connectivity index (χ4v) is 2.01. The molecule has 1 heterocycles. The maximum Gasteiger partial charge on any atom is 0.392 e. The molecule has 0 unspecified atom stereocenters. The molecule has 0 saturated carbocycles. The van der Waals surface area contributed by atoms with Gasteiger partial charge in [-0.15, -0.1) is 0 Å². The largest absolute Gasteiger partial charge is 0.489 e. The number of hydrogen-bond donors (Lipinski definition) is 0. The predicted octanol–water partition coefficient (Wildman–Crippen LogP) is 2.91. The van der Waals surface area contributed by atoms with Gasteiger partial charge in [0, 0.05) is 5.92 Å². The van der Waals surface area contributed by atoms with E-state index < -0.39 is 42.3 Å². The zero-order valence-electron chi connectivity index (χ0n) is 13.4. The van der Waals surface area contributed by atoms with E-state index in [-0.39, 0.29) is 24.0 Å². The van der Waals surface area contributed by atoms with Crippen molar-refractivity contribution >= 4 is 17.6 Å². The zero-order valence-corrected chi connectivity index (χ0v) is 14.2. The number of alkyl halides is 3. The van der Waals surface area contributed by atoms with Crippen molar-refractivity contribution in [3.05, 3.63) is 21.1 Å². The predicted molar refractivity (Wildman–Crippen MR) is 80.4 cm³/mol. The lowest BCUT2D eigenvalue weighted by atomic mass is 10.1. The Hall–Kier alpha value is -1.77. The molecule has 0 fully saturated rings. The summed E-state index contributed by atoms with van der Waals surface area (Å²) < 4.78 is 47.3. The maximum atomic E-state index is 12.2. The number of halogens is 4. The monoisotopic (exact) mass is 370 g/mol. The van der Waals surface area contributed by atoms with E-state index in [0.717, 1.165) is 4.68 Å². The summed E-state index contributed by atoms with van der Waals surface area (Å²) in [5.74, 6) is -1.16. The topological polar surface area (TPSA) is 70.4 Å². The quantitative estimate of drug-likeness (QED) is 0.690. The molecule has 136 valence electrons. The molecule has 0 aromatic carbocycles. The molecule has 0 radical (unpaired) electrons. The van der Waals surface area contributed by atoms with Gasteiger partial charge in [-0.3, -0.25) is 9.59 Å². The number of carbonyl (C=O) groups is 1. The first-order valence-electron chi connectivity index (χ1n) is 7.22. The zero-order chi connectivity index (χ0) is 18.5. The van der Waals surface area contributed by atoms with Crippen LogP contribution in [0.15, 0.2) is 4.79 Å². The van der Waals surface area contributed by atoms with Crippen LogP contribution in [0, 0.1) is 0 Å².